The molecule has 1 heterocycles. The van der Waals surface area contributed by atoms with Crippen LogP contribution in [0.25, 0.3) is 0 Å². The van der Waals surface area contributed by atoms with E-state index in [4.69, 9.17) is 4.74 Å². The fourth-order valence-electron chi connectivity index (χ4n) is 3.29. The van der Waals surface area contributed by atoms with Crippen LogP contribution in [0.15, 0.2) is 35.4 Å². The Labute approximate surface area is 182 Å². The molecule has 2 aromatic carbocycles. The standard InChI is InChI=1S/C22H26BN4O4/c1-13-15(8-7-9-19(13)31-6)20(29)25-27(22(2,3)4)21(30)16-10-14-12-24-26(5)23-17(14)11-18(16)28/h7-12,28H,1-6H3,(H,25,29). The number of carbonyl (C=O) groups excluding carboxylic acids is 2. The largest absolute Gasteiger partial charge is 0.507 e. The molecule has 2 amide bonds. The molecular formula is C22H26BN4O4. The summed E-state index contributed by atoms with van der Waals surface area (Å²) >= 11 is 0. The average molecular weight is 421 g/mol. The maximum absolute atomic E-state index is 13.4. The van der Waals surface area contributed by atoms with Crippen LogP contribution in [0, 0.1) is 6.92 Å². The van der Waals surface area contributed by atoms with Gasteiger partial charge >= 0.3 is 7.41 Å². The Morgan fingerprint density at radius 2 is 1.94 bits per heavy atom. The van der Waals surface area contributed by atoms with Crippen LogP contribution in [0.5, 0.6) is 11.5 Å². The van der Waals surface area contributed by atoms with Gasteiger partial charge in [-0.15, -0.1) is 0 Å². The number of ether oxygens (including phenoxy) is 1. The quantitative estimate of drug-likeness (QED) is 0.583. The molecule has 161 valence electrons. The molecule has 2 N–H and O–H groups in total. The van der Waals surface area contributed by atoms with E-state index in [-0.39, 0.29) is 11.3 Å². The van der Waals surface area contributed by atoms with E-state index in [9.17, 15) is 14.7 Å². The molecule has 0 aliphatic carbocycles. The SMILES string of the molecule is COc1cccc(C(=O)NN(C(=O)c2cc3c(cc2O)[B]N(C)N=C3)C(C)(C)C)c1C. The van der Waals surface area contributed by atoms with E-state index in [0.717, 1.165) is 5.46 Å². The first-order valence-electron chi connectivity index (χ1n) is 9.80. The Kier molecular flexibility index (Phi) is 5.97. The van der Waals surface area contributed by atoms with Crippen molar-refractivity contribution in [3.8, 4) is 11.5 Å². The minimum absolute atomic E-state index is 0.0701. The molecule has 0 spiro atoms. The summed E-state index contributed by atoms with van der Waals surface area (Å²) in [7, 11) is 5.05. The normalized spacial score (nSPS) is 12.6. The van der Waals surface area contributed by atoms with E-state index in [1.807, 2.05) is 0 Å². The molecule has 8 nitrogen and oxygen atoms in total. The van der Waals surface area contributed by atoms with E-state index in [1.165, 1.54) is 18.2 Å². The maximum Gasteiger partial charge on any atom is 0.309 e. The molecule has 0 saturated carbocycles. The van der Waals surface area contributed by atoms with Gasteiger partial charge in [0.2, 0.25) is 0 Å². The molecule has 1 radical (unpaired) electrons. The summed E-state index contributed by atoms with van der Waals surface area (Å²) in [5, 5.41) is 15.9. The highest BCUT2D eigenvalue weighted by molar-refractivity contribution is 6.53. The highest BCUT2D eigenvalue weighted by Crippen LogP contribution is 2.25. The molecule has 0 fully saturated rings. The summed E-state index contributed by atoms with van der Waals surface area (Å²) in [6.07, 6.45) is 1.62. The van der Waals surface area contributed by atoms with Gasteiger partial charge in [-0.25, -0.2) is 5.01 Å². The van der Waals surface area contributed by atoms with E-state index in [0.29, 0.717) is 22.4 Å². The second kappa shape index (κ2) is 8.33. The number of phenols is 1. The maximum atomic E-state index is 13.4. The van der Waals surface area contributed by atoms with Crippen molar-refractivity contribution in [2.24, 2.45) is 5.10 Å². The lowest BCUT2D eigenvalue weighted by atomic mass is 9.77. The minimum Gasteiger partial charge on any atom is -0.507 e. The smallest absolute Gasteiger partial charge is 0.309 e. The molecule has 0 atom stereocenters. The number of rotatable bonds is 3. The van der Waals surface area contributed by atoms with Gasteiger partial charge in [0.15, 0.2) is 0 Å². The van der Waals surface area contributed by atoms with Crippen LogP contribution in [0.3, 0.4) is 0 Å². The van der Waals surface area contributed by atoms with Crippen LogP contribution in [0.4, 0.5) is 0 Å². The third-order valence-electron chi connectivity index (χ3n) is 4.97. The van der Waals surface area contributed by atoms with Crippen molar-refractivity contribution in [1.82, 2.24) is 15.4 Å². The van der Waals surface area contributed by atoms with Crippen molar-refractivity contribution in [2.45, 2.75) is 33.2 Å². The lowest BCUT2D eigenvalue weighted by molar-refractivity contribution is 0.0356. The summed E-state index contributed by atoms with van der Waals surface area (Å²) in [4.78, 5) is 28.0. The fraction of sp³-hybridized carbons (Fsp3) is 0.318. The van der Waals surface area contributed by atoms with Gasteiger partial charge in [0.1, 0.15) is 11.5 Å². The second-order valence-electron chi connectivity index (χ2n) is 8.33. The van der Waals surface area contributed by atoms with Gasteiger partial charge in [-0.05, 0) is 63.0 Å². The Morgan fingerprint density at radius 1 is 1.23 bits per heavy atom. The molecule has 1 aliphatic rings. The van der Waals surface area contributed by atoms with Crippen molar-refractivity contribution in [3.63, 3.8) is 0 Å². The monoisotopic (exact) mass is 421 g/mol. The zero-order valence-electron chi connectivity index (χ0n) is 18.6. The van der Waals surface area contributed by atoms with Crippen molar-refractivity contribution in [2.75, 3.05) is 14.2 Å². The first-order chi connectivity index (χ1) is 14.5. The van der Waals surface area contributed by atoms with Gasteiger partial charge in [0, 0.05) is 18.2 Å². The highest BCUT2D eigenvalue weighted by atomic mass is 16.5. The lowest BCUT2D eigenvalue weighted by Crippen LogP contribution is -2.56. The van der Waals surface area contributed by atoms with Gasteiger partial charge < -0.3 is 14.8 Å². The van der Waals surface area contributed by atoms with Gasteiger partial charge in [-0.2, -0.15) is 5.10 Å². The van der Waals surface area contributed by atoms with Crippen molar-refractivity contribution >= 4 is 30.9 Å². The predicted molar refractivity (Wildman–Crippen MR) is 120 cm³/mol. The van der Waals surface area contributed by atoms with Crippen molar-refractivity contribution in [1.29, 1.82) is 0 Å². The minimum atomic E-state index is -0.762. The van der Waals surface area contributed by atoms with Crippen LogP contribution in [-0.2, 0) is 0 Å². The molecule has 0 unspecified atom stereocenters. The predicted octanol–water partition coefficient (Wildman–Crippen LogP) is 1.82. The van der Waals surface area contributed by atoms with Gasteiger partial charge in [-0.3, -0.25) is 15.0 Å². The fourth-order valence-corrected chi connectivity index (χ4v) is 3.29. The van der Waals surface area contributed by atoms with Crippen LogP contribution < -0.4 is 15.6 Å². The van der Waals surface area contributed by atoms with Gasteiger partial charge in [0.25, 0.3) is 11.8 Å². The number of nitrogens with zero attached hydrogens (tertiary/aromatic N) is 3. The Balaban J connectivity index is 1.95. The first kappa shape index (κ1) is 22.2. The van der Waals surface area contributed by atoms with Crippen LogP contribution in [0.1, 0.15) is 52.6 Å². The number of nitrogens with one attached hydrogen (secondary N) is 1. The van der Waals surface area contributed by atoms with Crippen molar-refractivity contribution in [3.05, 3.63) is 52.6 Å². The zero-order chi connectivity index (χ0) is 22.9. The number of benzene rings is 2. The van der Waals surface area contributed by atoms with E-state index in [2.05, 4.69) is 10.5 Å². The van der Waals surface area contributed by atoms with E-state index >= 15 is 0 Å². The molecule has 1 aliphatic heterocycles. The Hall–Kier alpha value is -3.49. The van der Waals surface area contributed by atoms with E-state index < -0.39 is 17.4 Å². The molecule has 31 heavy (non-hydrogen) atoms. The van der Waals surface area contributed by atoms with Crippen LogP contribution >= 0.6 is 0 Å². The molecule has 0 aromatic heterocycles. The summed E-state index contributed by atoms with van der Waals surface area (Å²) in [5.74, 6) is -0.582. The Morgan fingerprint density at radius 3 is 2.58 bits per heavy atom. The number of fused-ring (bicyclic) bond motifs is 1. The number of hydrazone groups is 1. The summed E-state index contributed by atoms with van der Waals surface area (Å²) in [6, 6.07) is 8.23. The number of amides is 2. The number of hydrazine groups is 1. The summed E-state index contributed by atoms with van der Waals surface area (Å²) < 4.78 is 5.29. The topological polar surface area (TPSA) is 94.5 Å². The third-order valence-corrected chi connectivity index (χ3v) is 4.97. The third kappa shape index (κ3) is 4.50. The summed E-state index contributed by atoms with van der Waals surface area (Å²) in [5.41, 5.74) is 4.51. The number of hydrogen-bond donors (Lipinski definition) is 2. The number of phenolic OH excluding ortho intramolecular Hbond substituents is 1. The van der Waals surface area contributed by atoms with Crippen LogP contribution in [-0.4, -0.2) is 60.2 Å². The molecule has 3 rings (SSSR count). The molecule has 0 saturated heterocycles. The van der Waals surface area contributed by atoms with Gasteiger partial charge in [-0.1, -0.05) is 6.07 Å². The molecular weight excluding hydrogens is 395 g/mol. The highest BCUT2D eigenvalue weighted by Gasteiger charge is 2.32. The van der Waals surface area contributed by atoms with Gasteiger partial charge in [0.05, 0.1) is 24.4 Å². The number of hydrogen-bond acceptors (Lipinski definition) is 6. The summed E-state index contributed by atoms with van der Waals surface area (Å²) in [6.45, 7) is 7.16. The number of aromatic hydroxyl groups is 1. The molecule has 0 bridgehead atoms. The Bertz CT molecular complexity index is 1060. The zero-order valence-corrected chi connectivity index (χ0v) is 18.6. The van der Waals surface area contributed by atoms with Crippen molar-refractivity contribution < 1.29 is 19.4 Å². The lowest BCUT2D eigenvalue weighted by Gasteiger charge is -2.36. The number of carbonyl (C=O) groups is 2. The average Bonchev–Trinajstić information content (AvgIpc) is 2.70. The van der Waals surface area contributed by atoms with E-state index in [1.54, 1.807) is 77.6 Å². The molecule has 9 heteroatoms. The molecule has 2 aromatic rings. The second-order valence-corrected chi connectivity index (χ2v) is 8.33. The van der Waals surface area contributed by atoms with Crippen LogP contribution in [0.2, 0.25) is 0 Å². The number of methoxy groups -OCH3 is 1. The first-order valence-corrected chi connectivity index (χ1v) is 9.80.